The van der Waals surface area contributed by atoms with E-state index in [0.29, 0.717) is 83.5 Å². The second-order valence-corrected chi connectivity index (χ2v) is 21.3. The summed E-state index contributed by atoms with van der Waals surface area (Å²) < 4.78 is 81.5. The van der Waals surface area contributed by atoms with Crippen LogP contribution in [0.25, 0.3) is 21.8 Å². The summed E-state index contributed by atoms with van der Waals surface area (Å²) in [6.07, 6.45) is 3.43. The van der Waals surface area contributed by atoms with Gasteiger partial charge in [-0.15, -0.1) is 0 Å². The number of nitrogens with two attached hydrogens (primary N) is 2. The minimum atomic E-state index is -3.91. The number of halogens is 1. The van der Waals surface area contributed by atoms with Crippen molar-refractivity contribution in [3.63, 3.8) is 0 Å². The van der Waals surface area contributed by atoms with Crippen LogP contribution in [0.4, 0.5) is 27.1 Å². The van der Waals surface area contributed by atoms with Crippen molar-refractivity contribution < 1.29 is 49.9 Å². The number of pyridine rings is 2. The van der Waals surface area contributed by atoms with Crippen LogP contribution in [-0.4, -0.2) is 135 Å². The molecule has 0 unspecified atom stereocenters. The number of carbonyl (C=O) groups is 4. The molecule has 23 heteroatoms. The minimum absolute atomic E-state index is 0.0110. The summed E-state index contributed by atoms with van der Waals surface area (Å²) in [6, 6.07) is 15.8. The van der Waals surface area contributed by atoms with Gasteiger partial charge < -0.3 is 41.4 Å². The van der Waals surface area contributed by atoms with Crippen LogP contribution in [-0.2, 0) is 36.1 Å². The van der Waals surface area contributed by atoms with E-state index < -0.39 is 37.7 Å². The Morgan fingerprint density at radius 3 is 1.62 bits per heavy atom. The molecular weight excluding hydrogens is 972 g/mol. The number of sulfonamides is 2. The topological polar surface area (TPSA) is 270 Å². The quantitative estimate of drug-likeness (QED) is 0.139. The third-order valence-corrected chi connectivity index (χ3v) is 16.6. The van der Waals surface area contributed by atoms with Gasteiger partial charge in [-0.25, -0.2) is 21.2 Å². The summed E-state index contributed by atoms with van der Waals surface area (Å²) in [7, 11) is -6.43. The summed E-state index contributed by atoms with van der Waals surface area (Å²) in [6.45, 7) is 9.01. The first kappa shape index (κ1) is 50.9. The second-order valence-electron chi connectivity index (χ2n) is 17.4. The lowest BCUT2D eigenvalue weighted by Crippen LogP contribution is -2.49. The molecule has 3 aliphatic rings. The maximum atomic E-state index is 13.9. The van der Waals surface area contributed by atoms with Crippen molar-refractivity contribution in [2.45, 2.75) is 43.9 Å². The molecular formula is C49H53FN10O10S2. The van der Waals surface area contributed by atoms with E-state index in [1.165, 1.54) is 78.4 Å². The zero-order chi connectivity index (χ0) is 51.8. The fourth-order valence-corrected chi connectivity index (χ4v) is 12.0. The number of aromatic nitrogens is 2. The number of nitrogens with zero attached hydrogens (tertiary/aromatic N) is 6. The van der Waals surface area contributed by atoms with Crippen LogP contribution in [0.15, 0.2) is 82.8 Å². The Hall–Kier alpha value is -7.47. The van der Waals surface area contributed by atoms with Gasteiger partial charge in [0.05, 0.1) is 57.0 Å². The smallest absolute Gasteiger partial charge is 0.252 e. The number of aryl methyl sites for hydroxylation is 2. The van der Waals surface area contributed by atoms with Crippen LogP contribution in [0.3, 0.4) is 0 Å². The monoisotopic (exact) mass is 1020 g/mol. The highest BCUT2D eigenvalue weighted by atomic mass is 32.2. The molecule has 0 bridgehead atoms. The Bertz CT molecular complexity index is 3420. The van der Waals surface area contributed by atoms with E-state index in [9.17, 15) is 40.4 Å². The average Bonchev–Trinajstić information content (AvgIpc) is 3.85. The average molecular weight is 1030 g/mol. The predicted molar refractivity (Wildman–Crippen MR) is 267 cm³/mol. The molecule has 6 N–H and O–H groups in total. The maximum absolute atomic E-state index is 13.9. The van der Waals surface area contributed by atoms with Gasteiger partial charge in [0.25, 0.3) is 11.8 Å². The van der Waals surface area contributed by atoms with E-state index in [1.54, 1.807) is 29.7 Å². The zero-order valence-electron chi connectivity index (χ0n) is 40.1. The third kappa shape index (κ3) is 10.0. The van der Waals surface area contributed by atoms with Gasteiger partial charge in [-0.2, -0.15) is 8.61 Å². The van der Waals surface area contributed by atoms with Crippen LogP contribution in [0.5, 0.6) is 11.5 Å². The van der Waals surface area contributed by atoms with E-state index in [1.807, 2.05) is 18.2 Å². The van der Waals surface area contributed by atoms with Gasteiger partial charge in [0.2, 0.25) is 31.9 Å². The van der Waals surface area contributed by atoms with E-state index in [4.69, 9.17) is 20.9 Å². The van der Waals surface area contributed by atoms with Crippen molar-refractivity contribution in [1.82, 2.24) is 28.4 Å². The van der Waals surface area contributed by atoms with Crippen LogP contribution < -0.4 is 31.6 Å². The van der Waals surface area contributed by atoms with Gasteiger partial charge in [0.15, 0.2) is 11.6 Å². The molecule has 6 aromatic rings. The van der Waals surface area contributed by atoms with E-state index in [-0.39, 0.29) is 70.3 Å². The van der Waals surface area contributed by atoms with Crippen molar-refractivity contribution >= 4 is 88.2 Å². The molecule has 0 atom stereocenters. The van der Waals surface area contributed by atoms with E-state index >= 15 is 0 Å². The number of amides is 4. The van der Waals surface area contributed by atoms with Gasteiger partial charge in [-0.1, -0.05) is 6.07 Å². The first-order chi connectivity index (χ1) is 34.2. The number of hydrogen-bond acceptors (Lipinski definition) is 14. The number of methoxy groups -OCH3 is 1. The molecule has 0 saturated carbocycles. The molecule has 9 rings (SSSR count). The van der Waals surface area contributed by atoms with E-state index in [0.717, 1.165) is 17.0 Å². The molecule has 2 aromatic heterocycles. The first-order valence-corrected chi connectivity index (χ1v) is 25.7. The normalized spacial score (nSPS) is 15.3. The molecule has 4 aromatic carbocycles. The number of nitrogens with one attached hydrogen (secondary N) is 2. The highest BCUT2D eigenvalue weighted by molar-refractivity contribution is 7.89. The highest BCUT2D eigenvalue weighted by Gasteiger charge is 2.32. The largest absolute Gasteiger partial charge is 0.494 e. The lowest BCUT2D eigenvalue weighted by Gasteiger charge is -2.33. The molecule has 20 nitrogen and oxygen atoms in total. The van der Waals surface area contributed by atoms with Gasteiger partial charge >= 0.3 is 0 Å². The lowest BCUT2D eigenvalue weighted by molar-refractivity contribution is -0.130. The maximum Gasteiger partial charge on any atom is 0.252 e. The molecule has 3 aliphatic heterocycles. The van der Waals surface area contributed by atoms with Gasteiger partial charge in [0, 0.05) is 119 Å². The summed E-state index contributed by atoms with van der Waals surface area (Å²) in [5, 5.41) is 7.22. The van der Waals surface area contributed by atoms with E-state index in [2.05, 4.69) is 20.6 Å². The third-order valence-electron chi connectivity index (χ3n) is 12.9. The highest BCUT2D eigenvalue weighted by Crippen LogP contribution is 2.39. The Kier molecular flexibility index (Phi) is 14.4. The number of anilines is 4. The molecule has 2 saturated heterocycles. The first-order valence-electron chi connectivity index (χ1n) is 22.8. The number of fused-ring (bicyclic) bond motifs is 3. The molecule has 378 valence electrons. The number of carbonyl (C=O) groups excluding carboxylic acids is 4. The zero-order valence-corrected chi connectivity index (χ0v) is 41.7. The van der Waals surface area contributed by atoms with Crippen molar-refractivity contribution in [3.05, 3.63) is 107 Å². The van der Waals surface area contributed by atoms with Crippen LogP contribution in [0, 0.1) is 19.7 Å². The molecule has 0 spiro atoms. The number of primary amides is 2. The Morgan fingerprint density at radius 2 is 1.17 bits per heavy atom. The molecule has 0 aliphatic carbocycles. The molecule has 0 radical (unpaired) electrons. The summed E-state index contributed by atoms with van der Waals surface area (Å²) in [5.41, 5.74) is 16.5. The number of hydrogen-bond donors (Lipinski definition) is 4. The summed E-state index contributed by atoms with van der Waals surface area (Å²) in [4.78, 5) is 60.0. The standard InChI is InChI=1S/C25H27N5O5S.C24H26FN5O5S/c1-15-12-17(36(33,34)30-9-7-29(8-10-30)16(2)31)13-19-23(15)27-14-20(25(26)32)24(19)28-21-4-3-5-22-18(21)6-11-35-22;1-14-10-17(36(33,34)30-8-6-29(7-9-30)15(2)31)12-18-22(14)27-13-19(24(26)32)23(18)28-16-4-5-20(25)21(11-16)35-3/h3-5,12-14H,6-11H2,1-2H3,(H2,26,32)(H,27,28);4-5,10-13H,6-9H2,1-3H3,(H2,26,32)(H,27,28). The summed E-state index contributed by atoms with van der Waals surface area (Å²) in [5.74, 6) is -1.44. The van der Waals surface area contributed by atoms with Crippen LogP contribution in [0.2, 0.25) is 0 Å². The summed E-state index contributed by atoms with van der Waals surface area (Å²) >= 11 is 0. The molecule has 72 heavy (non-hydrogen) atoms. The predicted octanol–water partition coefficient (Wildman–Crippen LogP) is 4.56. The Balaban J connectivity index is 0.000000193. The molecule has 5 heterocycles. The molecule has 2 fully saturated rings. The minimum Gasteiger partial charge on any atom is -0.494 e. The van der Waals surface area contributed by atoms with Crippen LogP contribution in [0.1, 0.15) is 51.3 Å². The fraction of sp³-hybridized carbons (Fsp3) is 0.306. The Morgan fingerprint density at radius 1 is 0.681 bits per heavy atom. The number of rotatable bonds is 11. The SMILES string of the molecule is CC(=O)N1CCN(S(=O)(=O)c2cc(C)c3ncc(C(N)=O)c(Nc4cccc5c4CCO5)c3c2)CC1.COc1cc(Nc2c(C(N)=O)cnc3c(C)cc(S(=O)(=O)N4CCN(C(C)=O)CC4)cc23)ccc1F. The van der Waals surface area contributed by atoms with Crippen molar-refractivity contribution in [3.8, 4) is 11.5 Å². The molecule has 4 amide bonds. The van der Waals surface area contributed by atoms with Gasteiger partial charge in [-0.05, 0) is 73.5 Å². The number of benzene rings is 4. The Labute approximate surface area is 415 Å². The van der Waals surface area contributed by atoms with Crippen molar-refractivity contribution in [1.29, 1.82) is 0 Å². The number of ether oxygens (including phenoxy) is 2. The lowest BCUT2D eigenvalue weighted by atomic mass is 10.0. The number of piperazine rings is 2. The fourth-order valence-electron chi connectivity index (χ4n) is 8.98. The van der Waals surface area contributed by atoms with Crippen molar-refractivity contribution in [2.24, 2.45) is 11.5 Å². The van der Waals surface area contributed by atoms with Crippen molar-refractivity contribution in [2.75, 3.05) is 76.7 Å². The van der Waals surface area contributed by atoms with Crippen LogP contribution >= 0.6 is 0 Å². The second kappa shape index (κ2) is 20.3. The van der Waals surface area contributed by atoms with Gasteiger partial charge in [0.1, 0.15) is 5.75 Å². The van der Waals surface area contributed by atoms with Gasteiger partial charge in [-0.3, -0.25) is 29.1 Å².